The van der Waals surface area contributed by atoms with Crippen LogP contribution in [0.5, 0.6) is 11.5 Å². The van der Waals surface area contributed by atoms with E-state index < -0.39 is 17.3 Å². The lowest BCUT2D eigenvalue weighted by molar-refractivity contribution is 0.0692. The summed E-state index contributed by atoms with van der Waals surface area (Å²) in [4.78, 5) is 25.4. The number of carbonyl (C=O) groups is 1. The molecule has 0 saturated heterocycles. The first-order chi connectivity index (χ1) is 9.04. The van der Waals surface area contributed by atoms with Crippen molar-refractivity contribution in [1.82, 2.24) is 0 Å². The smallest absolute Gasteiger partial charge is 0.339 e. The SMILES string of the molecule is COc1cc(C2(N=C=O)CCC2)cc(C(=O)O)c1O. The zero-order valence-electron chi connectivity index (χ0n) is 10.3. The van der Waals surface area contributed by atoms with E-state index in [9.17, 15) is 14.7 Å². The van der Waals surface area contributed by atoms with E-state index in [0.29, 0.717) is 18.4 Å². The van der Waals surface area contributed by atoms with Crippen LogP contribution in [0.3, 0.4) is 0 Å². The van der Waals surface area contributed by atoms with E-state index in [2.05, 4.69) is 4.99 Å². The number of rotatable bonds is 4. The molecule has 0 bridgehead atoms. The summed E-state index contributed by atoms with van der Waals surface area (Å²) in [5, 5.41) is 18.8. The Morgan fingerprint density at radius 2 is 2.16 bits per heavy atom. The number of aromatic hydroxyl groups is 1. The molecule has 1 aromatic carbocycles. The largest absolute Gasteiger partial charge is 0.504 e. The maximum atomic E-state index is 11.1. The molecule has 19 heavy (non-hydrogen) atoms. The summed E-state index contributed by atoms with van der Waals surface area (Å²) in [6.07, 6.45) is 3.73. The third-order valence-electron chi connectivity index (χ3n) is 3.50. The number of hydrogen-bond acceptors (Lipinski definition) is 5. The van der Waals surface area contributed by atoms with E-state index in [1.54, 1.807) is 0 Å². The van der Waals surface area contributed by atoms with Gasteiger partial charge in [-0.15, -0.1) is 0 Å². The van der Waals surface area contributed by atoms with Gasteiger partial charge in [-0.2, -0.15) is 4.99 Å². The van der Waals surface area contributed by atoms with Crippen LogP contribution in [0, 0.1) is 0 Å². The Labute approximate surface area is 109 Å². The van der Waals surface area contributed by atoms with Crippen LogP contribution in [0.4, 0.5) is 0 Å². The molecule has 1 fully saturated rings. The van der Waals surface area contributed by atoms with Crippen LogP contribution in [0.25, 0.3) is 0 Å². The molecule has 1 aliphatic rings. The fourth-order valence-corrected chi connectivity index (χ4v) is 2.26. The van der Waals surface area contributed by atoms with Gasteiger partial charge in [-0.05, 0) is 37.0 Å². The van der Waals surface area contributed by atoms with Gasteiger partial charge in [0.15, 0.2) is 11.5 Å². The lowest BCUT2D eigenvalue weighted by Crippen LogP contribution is -2.32. The molecular formula is C13H13NO5. The van der Waals surface area contributed by atoms with Crippen LogP contribution < -0.4 is 4.74 Å². The predicted molar refractivity (Wildman–Crippen MR) is 65.3 cm³/mol. The maximum absolute atomic E-state index is 11.1. The van der Waals surface area contributed by atoms with E-state index in [-0.39, 0.29) is 11.3 Å². The molecule has 1 saturated carbocycles. The van der Waals surface area contributed by atoms with Crippen LogP contribution in [0.15, 0.2) is 17.1 Å². The van der Waals surface area contributed by atoms with Crippen molar-refractivity contribution in [1.29, 1.82) is 0 Å². The number of carboxylic acids is 1. The second kappa shape index (κ2) is 4.74. The molecule has 6 nitrogen and oxygen atoms in total. The Hall–Kier alpha value is -2.33. The van der Waals surface area contributed by atoms with Crippen molar-refractivity contribution in [2.75, 3.05) is 7.11 Å². The van der Waals surface area contributed by atoms with Crippen molar-refractivity contribution in [3.8, 4) is 11.5 Å². The van der Waals surface area contributed by atoms with E-state index in [0.717, 1.165) is 6.42 Å². The zero-order chi connectivity index (χ0) is 14.0. The predicted octanol–water partition coefficient (Wildman–Crippen LogP) is 1.81. The van der Waals surface area contributed by atoms with Gasteiger partial charge in [-0.1, -0.05) is 0 Å². The van der Waals surface area contributed by atoms with Crippen molar-refractivity contribution in [2.45, 2.75) is 24.8 Å². The normalized spacial score (nSPS) is 16.1. The number of isocyanates is 1. The molecule has 1 aliphatic carbocycles. The Morgan fingerprint density at radius 1 is 1.47 bits per heavy atom. The van der Waals surface area contributed by atoms with Crippen LogP contribution in [0.2, 0.25) is 0 Å². The average molecular weight is 263 g/mol. The molecule has 0 radical (unpaired) electrons. The Kier molecular flexibility index (Phi) is 3.27. The van der Waals surface area contributed by atoms with Gasteiger partial charge >= 0.3 is 5.97 Å². The molecule has 0 aliphatic heterocycles. The highest BCUT2D eigenvalue weighted by molar-refractivity contribution is 5.92. The number of carbonyl (C=O) groups excluding carboxylic acids is 1. The Morgan fingerprint density at radius 3 is 2.58 bits per heavy atom. The fourth-order valence-electron chi connectivity index (χ4n) is 2.26. The summed E-state index contributed by atoms with van der Waals surface area (Å²) >= 11 is 0. The van der Waals surface area contributed by atoms with Gasteiger partial charge < -0.3 is 14.9 Å². The third-order valence-corrected chi connectivity index (χ3v) is 3.50. The van der Waals surface area contributed by atoms with Crippen molar-refractivity contribution < 1.29 is 24.5 Å². The van der Waals surface area contributed by atoms with Gasteiger partial charge in [-0.25, -0.2) is 9.59 Å². The molecule has 6 heteroatoms. The highest BCUT2D eigenvalue weighted by Crippen LogP contribution is 2.47. The van der Waals surface area contributed by atoms with E-state index in [4.69, 9.17) is 9.84 Å². The van der Waals surface area contributed by atoms with Crippen LogP contribution in [-0.2, 0) is 10.3 Å². The van der Waals surface area contributed by atoms with Gasteiger partial charge in [0.25, 0.3) is 0 Å². The molecule has 100 valence electrons. The first-order valence-electron chi connectivity index (χ1n) is 5.78. The number of aliphatic imine (C=N–C) groups is 1. The Bertz CT molecular complexity index is 571. The van der Waals surface area contributed by atoms with E-state index in [1.807, 2.05) is 0 Å². The minimum Gasteiger partial charge on any atom is -0.504 e. The Balaban J connectivity index is 2.61. The third kappa shape index (κ3) is 2.06. The van der Waals surface area contributed by atoms with Crippen LogP contribution in [0.1, 0.15) is 35.2 Å². The topological polar surface area (TPSA) is 96.2 Å². The number of ether oxygens (including phenoxy) is 1. The van der Waals surface area contributed by atoms with Crippen LogP contribution >= 0.6 is 0 Å². The second-order valence-corrected chi connectivity index (χ2v) is 4.47. The molecule has 2 N–H and O–H groups in total. The summed E-state index contributed by atoms with van der Waals surface area (Å²) in [5.41, 5.74) is -0.441. The van der Waals surface area contributed by atoms with Crippen molar-refractivity contribution in [2.24, 2.45) is 4.99 Å². The van der Waals surface area contributed by atoms with Gasteiger partial charge in [0.2, 0.25) is 6.08 Å². The minimum atomic E-state index is -1.26. The number of phenols is 1. The number of hydrogen-bond donors (Lipinski definition) is 2. The van der Waals surface area contributed by atoms with E-state index >= 15 is 0 Å². The highest BCUT2D eigenvalue weighted by Gasteiger charge is 2.40. The number of carboxylic acid groups (broad SMARTS) is 1. The van der Waals surface area contributed by atoms with Gasteiger partial charge in [0.1, 0.15) is 5.56 Å². The minimum absolute atomic E-state index is 0.0577. The van der Waals surface area contributed by atoms with Crippen LogP contribution in [-0.4, -0.2) is 29.4 Å². The number of aromatic carboxylic acids is 1. The molecule has 2 rings (SSSR count). The summed E-state index contributed by atoms with van der Waals surface area (Å²) in [6, 6.07) is 2.85. The molecule has 1 aromatic rings. The molecule has 0 unspecified atom stereocenters. The summed E-state index contributed by atoms with van der Waals surface area (Å²) in [7, 11) is 1.33. The van der Waals surface area contributed by atoms with Gasteiger partial charge in [-0.3, -0.25) is 0 Å². The maximum Gasteiger partial charge on any atom is 0.339 e. The lowest BCUT2D eigenvalue weighted by Gasteiger charge is -2.37. The lowest BCUT2D eigenvalue weighted by atomic mass is 9.72. The number of methoxy groups -OCH3 is 1. The first kappa shape index (κ1) is 13.1. The molecule has 0 heterocycles. The highest BCUT2D eigenvalue weighted by atomic mass is 16.5. The summed E-state index contributed by atoms with van der Waals surface area (Å²) in [5.74, 6) is -1.63. The molecular weight excluding hydrogens is 250 g/mol. The van der Waals surface area contributed by atoms with E-state index in [1.165, 1.54) is 25.3 Å². The fraction of sp³-hybridized carbons (Fsp3) is 0.385. The van der Waals surface area contributed by atoms with Crippen molar-refractivity contribution >= 4 is 12.0 Å². The quantitative estimate of drug-likeness (QED) is 0.638. The standard InChI is InChI=1S/C13H13NO5/c1-19-10-6-8(5-9(11(10)16)12(17)18)13(14-7-15)3-2-4-13/h5-6,16H,2-4H2,1H3,(H,17,18). The summed E-state index contributed by atoms with van der Waals surface area (Å²) < 4.78 is 4.96. The molecule has 0 amide bonds. The van der Waals surface area contributed by atoms with Gasteiger partial charge in [0, 0.05) is 0 Å². The molecule has 0 atom stereocenters. The van der Waals surface area contributed by atoms with Crippen molar-refractivity contribution in [3.05, 3.63) is 23.3 Å². The molecule has 0 aromatic heterocycles. The number of benzene rings is 1. The van der Waals surface area contributed by atoms with Crippen molar-refractivity contribution in [3.63, 3.8) is 0 Å². The van der Waals surface area contributed by atoms with Gasteiger partial charge in [0.05, 0.1) is 12.6 Å². The number of nitrogens with zero attached hydrogens (tertiary/aromatic N) is 1. The average Bonchev–Trinajstić information content (AvgIpc) is 2.34. The summed E-state index contributed by atoms with van der Waals surface area (Å²) in [6.45, 7) is 0. The first-order valence-corrected chi connectivity index (χ1v) is 5.78. The zero-order valence-corrected chi connectivity index (χ0v) is 10.3. The molecule has 0 spiro atoms. The second-order valence-electron chi connectivity index (χ2n) is 4.47. The monoisotopic (exact) mass is 263 g/mol.